The molecule has 0 atom stereocenters. The zero-order valence-electron chi connectivity index (χ0n) is 12.5. The van der Waals surface area contributed by atoms with E-state index in [0.29, 0.717) is 17.0 Å². The van der Waals surface area contributed by atoms with Gasteiger partial charge in [-0.05, 0) is 25.0 Å². The summed E-state index contributed by atoms with van der Waals surface area (Å²) in [4.78, 5) is 10.7. The van der Waals surface area contributed by atoms with Gasteiger partial charge in [-0.3, -0.25) is 10.1 Å². The van der Waals surface area contributed by atoms with Crippen molar-refractivity contribution in [3.63, 3.8) is 0 Å². The number of nitro groups is 1. The zero-order valence-corrected chi connectivity index (χ0v) is 12.5. The molecule has 2 heterocycles. The number of allylic oxidation sites excluding steroid dienone is 1. The zero-order chi connectivity index (χ0) is 16.2. The lowest BCUT2D eigenvalue weighted by Gasteiger charge is -2.06. The summed E-state index contributed by atoms with van der Waals surface area (Å²) in [6.45, 7) is 0.771. The molecule has 0 fully saturated rings. The first-order valence-corrected chi connectivity index (χ1v) is 7.48. The SMILES string of the molecule is N#C/C(=C/c1ccccc1[N+](=O)[O-])c1nnc2n1CCCCC2. The van der Waals surface area contributed by atoms with Crippen LogP contribution < -0.4 is 0 Å². The Morgan fingerprint density at radius 2 is 2.13 bits per heavy atom. The summed E-state index contributed by atoms with van der Waals surface area (Å²) in [5.74, 6) is 1.36. The minimum Gasteiger partial charge on any atom is -0.310 e. The van der Waals surface area contributed by atoms with Crippen LogP contribution >= 0.6 is 0 Å². The number of rotatable bonds is 3. The van der Waals surface area contributed by atoms with Crippen LogP contribution in [0.15, 0.2) is 24.3 Å². The second kappa shape index (κ2) is 6.40. The number of para-hydroxylation sites is 1. The van der Waals surface area contributed by atoms with Gasteiger partial charge in [-0.25, -0.2) is 0 Å². The Hall–Kier alpha value is -3.01. The normalized spacial score (nSPS) is 14.7. The van der Waals surface area contributed by atoms with Crippen molar-refractivity contribution < 1.29 is 4.92 Å². The monoisotopic (exact) mass is 309 g/mol. The first kappa shape index (κ1) is 14.9. The van der Waals surface area contributed by atoms with Crippen LogP contribution in [0.2, 0.25) is 0 Å². The smallest absolute Gasteiger partial charge is 0.276 e. The molecule has 1 aliphatic rings. The number of hydrogen-bond acceptors (Lipinski definition) is 5. The molecule has 0 radical (unpaired) electrons. The molecule has 0 N–H and O–H groups in total. The first-order valence-electron chi connectivity index (χ1n) is 7.48. The maximum atomic E-state index is 11.1. The fourth-order valence-electron chi connectivity index (χ4n) is 2.76. The largest absolute Gasteiger partial charge is 0.310 e. The van der Waals surface area contributed by atoms with E-state index < -0.39 is 4.92 Å². The second-order valence-electron chi connectivity index (χ2n) is 5.39. The molecular weight excluding hydrogens is 294 g/mol. The lowest BCUT2D eigenvalue weighted by Crippen LogP contribution is -2.05. The number of fused-ring (bicyclic) bond motifs is 1. The van der Waals surface area contributed by atoms with Crippen molar-refractivity contribution in [1.29, 1.82) is 5.26 Å². The van der Waals surface area contributed by atoms with E-state index in [1.165, 1.54) is 12.1 Å². The minimum atomic E-state index is -0.453. The molecule has 1 aromatic heterocycles. The van der Waals surface area contributed by atoms with Crippen molar-refractivity contribution in [3.05, 3.63) is 51.6 Å². The van der Waals surface area contributed by atoms with Crippen molar-refractivity contribution in [2.24, 2.45) is 0 Å². The number of benzene rings is 1. The van der Waals surface area contributed by atoms with Crippen molar-refractivity contribution in [2.75, 3.05) is 0 Å². The molecular formula is C16H15N5O2. The number of aromatic nitrogens is 3. The molecule has 116 valence electrons. The Bertz CT molecular complexity index is 816. The molecule has 0 spiro atoms. The summed E-state index contributed by atoms with van der Waals surface area (Å²) in [5, 5.41) is 28.9. The van der Waals surface area contributed by atoms with Crippen LogP contribution in [0.25, 0.3) is 11.6 Å². The van der Waals surface area contributed by atoms with Crippen LogP contribution in [0.1, 0.15) is 36.5 Å². The van der Waals surface area contributed by atoms with Gasteiger partial charge in [-0.15, -0.1) is 10.2 Å². The molecule has 7 nitrogen and oxygen atoms in total. The van der Waals surface area contributed by atoms with Gasteiger partial charge < -0.3 is 4.57 Å². The first-order chi connectivity index (χ1) is 11.2. The van der Waals surface area contributed by atoms with Crippen molar-refractivity contribution >= 4 is 17.3 Å². The average molecular weight is 309 g/mol. The van der Waals surface area contributed by atoms with E-state index in [0.717, 1.165) is 38.1 Å². The van der Waals surface area contributed by atoms with Gasteiger partial charge in [0.25, 0.3) is 5.69 Å². The van der Waals surface area contributed by atoms with Gasteiger partial charge >= 0.3 is 0 Å². The van der Waals surface area contributed by atoms with Crippen molar-refractivity contribution in [3.8, 4) is 6.07 Å². The van der Waals surface area contributed by atoms with Crippen molar-refractivity contribution in [1.82, 2.24) is 14.8 Å². The Morgan fingerprint density at radius 1 is 1.30 bits per heavy atom. The summed E-state index contributed by atoms with van der Waals surface area (Å²) in [7, 11) is 0. The van der Waals surface area contributed by atoms with Gasteiger partial charge in [-0.2, -0.15) is 5.26 Å². The lowest BCUT2D eigenvalue weighted by molar-refractivity contribution is -0.385. The van der Waals surface area contributed by atoms with E-state index >= 15 is 0 Å². The molecule has 0 bridgehead atoms. The average Bonchev–Trinajstić information content (AvgIpc) is 2.81. The molecule has 7 heteroatoms. The van der Waals surface area contributed by atoms with Gasteiger partial charge in [-0.1, -0.05) is 18.6 Å². The maximum absolute atomic E-state index is 11.1. The van der Waals surface area contributed by atoms with E-state index in [1.54, 1.807) is 18.2 Å². The van der Waals surface area contributed by atoms with Crippen LogP contribution in [0.3, 0.4) is 0 Å². The molecule has 0 saturated heterocycles. The number of nitro benzene ring substituents is 1. The van der Waals surface area contributed by atoms with Gasteiger partial charge in [0, 0.05) is 19.0 Å². The van der Waals surface area contributed by atoms with Gasteiger partial charge in [0.05, 0.1) is 16.1 Å². The van der Waals surface area contributed by atoms with E-state index in [-0.39, 0.29) is 5.69 Å². The topological polar surface area (TPSA) is 97.6 Å². The second-order valence-corrected chi connectivity index (χ2v) is 5.39. The van der Waals surface area contributed by atoms with E-state index in [4.69, 9.17) is 0 Å². The van der Waals surface area contributed by atoms with E-state index in [2.05, 4.69) is 16.3 Å². The Labute approximate surface area is 133 Å². The summed E-state index contributed by atoms with van der Waals surface area (Å²) in [6.07, 6.45) is 5.56. The van der Waals surface area contributed by atoms with Crippen LogP contribution in [-0.4, -0.2) is 19.7 Å². The van der Waals surface area contributed by atoms with Crippen LogP contribution in [0, 0.1) is 21.4 Å². The quantitative estimate of drug-likeness (QED) is 0.493. The van der Waals surface area contributed by atoms with Gasteiger partial charge in [0.15, 0.2) is 5.82 Å². The molecule has 0 unspecified atom stereocenters. The summed E-state index contributed by atoms with van der Waals surface area (Å²) in [6, 6.07) is 8.46. The number of aryl methyl sites for hydroxylation is 1. The fraction of sp³-hybridized carbons (Fsp3) is 0.312. The lowest BCUT2D eigenvalue weighted by atomic mass is 10.1. The molecule has 0 aliphatic carbocycles. The molecule has 1 aliphatic heterocycles. The van der Waals surface area contributed by atoms with E-state index in [9.17, 15) is 15.4 Å². The Morgan fingerprint density at radius 3 is 2.91 bits per heavy atom. The number of hydrogen-bond donors (Lipinski definition) is 0. The van der Waals surface area contributed by atoms with E-state index in [1.807, 2.05) is 4.57 Å². The summed E-state index contributed by atoms with van der Waals surface area (Å²) < 4.78 is 1.96. The molecule has 0 saturated carbocycles. The molecule has 3 rings (SSSR count). The van der Waals surface area contributed by atoms with Crippen LogP contribution in [-0.2, 0) is 13.0 Å². The molecule has 2 aromatic rings. The van der Waals surface area contributed by atoms with Crippen LogP contribution in [0.5, 0.6) is 0 Å². The maximum Gasteiger partial charge on any atom is 0.276 e. The predicted octanol–water partition coefficient (Wildman–Crippen LogP) is 2.98. The van der Waals surface area contributed by atoms with Crippen molar-refractivity contribution in [2.45, 2.75) is 32.2 Å². The summed E-state index contributed by atoms with van der Waals surface area (Å²) >= 11 is 0. The standard InChI is InChI=1S/C16H15N5O2/c17-11-13(10-12-6-3-4-7-14(12)21(22)23)16-19-18-15-8-2-1-5-9-20(15)16/h3-4,6-7,10H,1-2,5,8-9H2/b13-10-. The van der Waals surface area contributed by atoms with Gasteiger partial charge in [0.1, 0.15) is 11.9 Å². The predicted molar refractivity (Wildman–Crippen MR) is 84.2 cm³/mol. The molecule has 23 heavy (non-hydrogen) atoms. The Balaban J connectivity index is 2.06. The fourth-order valence-corrected chi connectivity index (χ4v) is 2.76. The van der Waals surface area contributed by atoms with Gasteiger partial charge in [0.2, 0.25) is 0 Å². The Kier molecular flexibility index (Phi) is 4.15. The highest BCUT2D eigenvalue weighted by molar-refractivity contribution is 5.89. The third-order valence-corrected chi connectivity index (χ3v) is 3.90. The highest BCUT2D eigenvalue weighted by atomic mass is 16.6. The third kappa shape index (κ3) is 2.97. The number of nitrogens with zero attached hydrogens (tertiary/aromatic N) is 5. The molecule has 0 amide bonds. The third-order valence-electron chi connectivity index (χ3n) is 3.90. The highest BCUT2D eigenvalue weighted by Gasteiger charge is 2.19. The minimum absolute atomic E-state index is 0.0316. The summed E-state index contributed by atoms with van der Waals surface area (Å²) in [5.41, 5.74) is 0.649. The highest BCUT2D eigenvalue weighted by Crippen LogP contribution is 2.25. The molecule has 1 aromatic carbocycles. The van der Waals surface area contributed by atoms with Crippen LogP contribution in [0.4, 0.5) is 5.69 Å². The number of nitriles is 1.